The lowest BCUT2D eigenvalue weighted by molar-refractivity contribution is -0.116. The zero-order valence-corrected chi connectivity index (χ0v) is 17.5. The lowest BCUT2D eigenvalue weighted by Gasteiger charge is -2.26. The molecule has 1 fully saturated rings. The van der Waals surface area contributed by atoms with Gasteiger partial charge in [-0.1, -0.05) is 0 Å². The minimum Gasteiger partial charge on any atom is -0.462 e. The number of hydrogen-bond donors (Lipinski definition) is 1. The molecule has 0 atom stereocenters. The molecule has 0 bridgehead atoms. The highest BCUT2D eigenvalue weighted by atomic mass is 16.5. The lowest BCUT2D eigenvalue weighted by atomic mass is 10.2. The third-order valence-electron chi connectivity index (χ3n) is 4.85. The van der Waals surface area contributed by atoms with E-state index >= 15 is 0 Å². The van der Waals surface area contributed by atoms with Crippen molar-refractivity contribution in [2.45, 2.75) is 13.5 Å². The van der Waals surface area contributed by atoms with Gasteiger partial charge in [0.2, 0.25) is 11.9 Å². The van der Waals surface area contributed by atoms with Crippen molar-refractivity contribution in [3.05, 3.63) is 52.7 Å². The van der Waals surface area contributed by atoms with Crippen LogP contribution in [-0.2, 0) is 20.8 Å². The van der Waals surface area contributed by atoms with Crippen molar-refractivity contribution in [1.82, 2.24) is 19.5 Å². The molecule has 166 valence electrons. The molecule has 1 N–H and O–H groups in total. The van der Waals surface area contributed by atoms with Gasteiger partial charge < -0.3 is 19.7 Å². The van der Waals surface area contributed by atoms with E-state index in [4.69, 9.17) is 9.47 Å². The number of amides is 1. The zero-order chi connectivity index (χ0) is 22.5. The Bertz CT molecular complexity index is 1190. The zero-order valence-electron chi connectivity index (χ0n) is 17.5. The summed E-state index contributed by atoms with van der Waals surface area (Å²) in [5.74, 6) is -0.351. The van der Waals surface area contributed by atoms with Gasteiger partial charge in [-0.25, -0.2) is 14.8 Å². The van der Waals surface area contributed by atoms with E-state index < -0.39 is 17.4 Å². The normalized spacial score (nSPS) is 13.7. The molecule has 4 rings (SSSR count). The molecule has 1 saturated heterocycles. The number of hydrogen-bond acceptors (Lipinski definition) is 9. The van der Waals surface area contributed by atoms with E-state index in [-0.39, 0.29) is 24.2 Å². The molecule has 1 amide bonds. The van der Waals surface area contributed by atoms with Crippen molar-refractivity contribution >= 4 is 34.5 Å². The molecule has 3 heterocycles. The summed E-state index contributed by atoms with van der Waals surface area (Å²) < 4.78 is 11.4. The van der Waals surface area contributed by atoms with Gasteiger partial charge in [-0.05, 0) is 31.2 Å². The third-order valence-corrected chi connectivity index (χ3v) is 4.85. The van der Waals surface area contributed by atoms with Crippen molar-refractivity contribution in [3.63, 3.8) is 0 Å². The Kier molecular flexibility index (Phi) is 6.36. The Morgan fingerprint density at radius 1 is 1.16 bits per heavy atom. The summed E-state index contributed by atoms with van der Waals surface area (Å²) in [5.41, 5.74) is 0.744. The van der Waals surface area contributed by atoms with E-state index in [2.05, 4.69) is 20.3 Å². The molecule has 11 nitrogen and oxygen atoms in total. The highest BCUT2D eigenvalue weighted by Gasteiger charge is 2.16. The minimum atomic E-state index is -0.432. The summed E-state index contributed by atoms with van der Waals surface area (Å²) >= 11 is 0. The Balaban J connectivity index is 1.45. The van der Waals surface area contributed by atoms with Gasteiger partial charge in [0.15, 0.2) is 5.65 Å². The maximum Gasteiger partial charge on any atom is 0.338 e. The van der Waals surface area contributed by atoms with Gasteiger partial charge in [-0.3, -0.25) is 14.2 Å². The highest BCUT2D eigenvalue weighted by Crippen LogP contribution is 2.13. The largest absolute Gasteiger partial charge is 0.462 e. The molecular weight excluding hydrogens is 416 g/mol. The topological polar surface area (TPSA) is 129 Å². The predicted molar refractivity (Wildman–Crippen MR) is 116 cm³/mol. The minimum absolute atomic E-state index is 0.230. The monoisotopic (exact) mass is 438 g/mol. The molecule has 0 radical (unpaired) electrons. The molecular formula is C21H22N6O5. The second-order valence-electron chi connectivity index (χ2n) is 7.03. The number of ether oxygens (including phenoxy) is 2. The van der Waals surface area contributed by atoms with Crippen LogP contribution in [0, 0.1) is 0 Å². The number of aromatic nitrogens is 4. The number of morpholine rings is 1. The molecule has 1 aliphatic heterocycles. The first kappa shape index (κ1) is 21.4. The Labute approximate surface area is 183 Å². The molecule has 1 aliphatic rings. The summed E-state index contributed by atoms with van der Waals surface area (Å²) in [5, 5.41) is 2.92. The number of anilines is 2. The van der Waals surface area contributed by atoms with Gasteiger partial charge in [0, 0.05) is 25.0 Å². The van der Waals surface area contributed by atoms with Gasteiger partial charge >= 0.3 is 5.97 Å². The summed E-state index contributed by atoms with van der Waals surface area (Å²) in [6.45, 7) is 4.31. The molecule has 0 unspecified atom stereocenters. The first-order chi connectivity index (χ1) is 15.5. The van der Waals surface area contributed by atoms with Gasteiger partial charge in [-0.15, -0.1) is 0 Å². The maximum absolute atomic E-state index is 12.8. The van der Waals surface area contributed by atoms with Crippen molar-refractivity contribution < 1.29 is 19.1 Å². The van der Waals surface area contributed by atoms with Gasteiger partial charge in [0.05, 0.1) is 25.4 Å². The number of benzene rings is 1. The Morgan fingerprint density at radius 2 is 1.91 bits per heavy atom. The van der Waals surface area contributed by atoms with Crippen molar-refractivity contribution in [2.75, 3.05) is 43.1 Å². The van der Waals surface area contributed by atoms with E-state index in [1.165, 1.54) is 17.1 Å². The average Bonchev–Trinajstić information content (AvgIpc) is 2.82. The fourth-order valence-electron chi connectivity index (χ4n) is 3.23. The molecule has 0 spiro atoms. The second kappa shape index (κ2) is 9.52. The molecule has 2 aromatic heterocycles. The predicted octanol–water partition coefficient (Wildman–Crippen LogP) is 0.838. The van der Waals surface area contributed by atoms with E-state index in [0.717, 1.165) is 0 Å². The lowest BCUT2D eigenvalue weighted by Crippen LogP contribution is -2.37. The van der Waals surface area contributed by atoms with E-state index in [0.29, 0.717) is 43.5 Å². The number of fused-ring (bicyclic) bond motifs is 1. The van der Waals surface area contributed by atoms with Crippen molar-refractivity contribution in [1.29, 1.82) is 0 Å². The molecule has 11 heteroatoms. The maximum atomic E-state index is 12.8. The standard InChI is InChI=1S/C21H22N6O5/c1-2-32-20(30)14-3-5-15(6-4-14)24-17(28)12-27-13-23-18-16(19(27)29)11-22-21(25-18)26-7-9-31-10-8-26/h3-6,11,13H,2,7-10,12H2,1H3,(H,24,28). The van der Waals surface area contributed by atoms with Crippen LogP contribution in [0.2, 0.25) is 0 Å². The number of rotatable bonds is 6. The quantitative estimate of drug-likeness (QED) is 0.557. The summed E-state index contributed by atoms with van der Waals surface area (Å²) in [6.07, 6.45) is 2.73. The fourth-order valence-corrected chi connectivity index (χ4v) is 3.23. The Hall–Kier alpha value is -3.86. The molecule has 3 aromatic rings. The number of carbonyl (C=O) groups excluding carboxylic acids is 2. The molecule has 0 saturated carbocycles. The van der Waals surface area contributed by atoms with Crippen LogP contribution >= 0.6 is 0 Å². The molecule has 0 aliphatic carbocycles. The van der Waals surface area contributed by atoms with E-state index in [9.17, 15) is 14.4 Å². The number of carbonyl (C=O) groups is 2. The van der Waals surface area contributed by atoms with Crippen LogP contribution < -0.4 is 15.8 Å². The summed E-state index contributed by atoms with van der Waals surface area (Å²) in [7, 11) is 0. The Morgan fingerprint density at radius 3 is 2.62 bits per heavy atom. The van der Waals surface area contributed by atoms with Crippen LogP contribution in [0.1, 0.15) is 17.3 Å². The van der Waals surface area contributed by atoms with Gasteiger partial charge in [-0.2, -0.15) is 4.98 Å². The van der Waals surface area contributed by atoms with Crippen LogP contribution in [0.5, 0.6) is 0 Å². The van der Waals surface area contributed by atoms with Crippen LogP contribution in [-0.4, -0.2) is 64.3 Å². The number of esters is 1. The number of nitrogens with zero attached hydrogens (tertiary/aromatic N) is 5. The van der Waals surface area contributed by atoms with E-state index in [1.54, 1.807) is 31.2 Å². The average molecular weight is 438 g/mol. The van der Waals surface area contributed by atoms with Gasteiger partial charge in [0.1, 0.15) is 18.3 Å². The second-order valence-corrected chi connectivity index (χ2v) is 7.03. The van der Waals surface area contributed by atoms with Gasteiger partial charge in [0.25, 0.3) is 5.56 Å². The third kappa shape index (κ3) is 4.72. The number of nitrogens with one attached hydrogen (secondary N) is 1. The van der Waals surface area contributed by atoms with Crippen molar-refractivity contribution in [3.8, 4) is 0 Å². The van der Waals surface area contributed by atoms with Crippen LogP contribution in [0.3, 0.4) is 0 Å². The highest BCUT2D eigenvalue weighted by molar-refractivity contribution is 5.93. The van der Waals surface area contributed by atoms with Crippen LogP contribution in [0.15, 0.2) is 41.6 Å². The SMILES string of the molecule is CCOC(=O)c1ccc(NC(=O)Cn2cnc3nc(N4CCOCC4)ncc3c2=O)cc1. The smallest absolute Gasteiger partial charge is 0.338 e. The van der Waals surface area contributed by atoms with E-state index in [1.807, 2.05) is 4.90 Å². The van der Waals surface area contributed by atoms with Crippen molar-refractivity contribution in [2.24, 2.45) is 0 Å². The first-order valence-electron chi connectivity index (χ1n) is 10.2. The van der Waals surface area contributed by atoms with Crippen LogP contribution in [0.4, 0.5) is 11.6 Å². The molecule has 1 aromatic carbocycles. The first-order valence-corrected chi connectivity index (χ1v) is 10.2. The summed E-state index contributed by atoms with van der Waals surface area (Å²) in [4.78, 5) is 51.7. The fraction of sp³-hybridized carbons (Fsp3) is 0.333. The summed E-state index contributed by atoms with van der Waals surface area (Å²) in [6, 6.07) is 6.29. The molecule has 32 heavy (non-hydrogen) atoms. The van der Waals surface area contributed by atoms with Crippen LogP contribution in [0.25, 0.3) is 11.0 Å².